The average molecular weight is 598 g/mol. The molecule has 0 aliphatic heterocycles. The van der Waals surface area contributed by atoms with Gasteiger partial charge < -0.3 is 19.5 Å². The van der Waals surface area contributed by atoms with Crippen LogP contribution < -0.4 is 20.2 Å². The van der Waals surface area contributed by atoms with Gasteiger partial charge in [0.15, 0.2) is 11.5 Å². The number of fused-ring (bicyclic) bond motifs is 1. The predicted molar refractivity (Wildman–Crippen MR) is 149 cm³/mol. The van der Waals surface area contributed by atoms with E-state index in [0.29, 0.717) is 12.0 Å². The van der Waals surface area contributed by atoms with Crippen LogP contribution in [0.3, 0.4) is 0 Å². The van der Waals surface area contributed by atoms with Crippen LogP contribution in [0.4, 0.5) is 16.4 Å². The van der Waals surface area contributed by atoms with Gasteiger partial charge in [-0.2, -0.15) is 5.10 Å². The van der Waals surface area contributed by atoms with Gasteiger partial charge in [-0.25, -0.2) is 10.2 Å². The van der Waals surface area contributed by atoms with E-state index in [1.807, 2.05) is 0 Å². The van der Waals surface area contributed by atoms with Gasteiger partial charge in [-0.05, 0) is 56.0 Å². The molecule has 0 fully saturated rings. The minimum absolute atomic E-state index is 0.0682. The Morgan fingerprint density at radius 2 is 1.69 bits per heavy atom. The van der Waals surface area contributed by atoms with Crippen molar-refractivity contribution in [2.24, 2.45) is 5.10 Å². The number of hydrogen-bond acceptors (Lipinski definition) is 12. The Morgan fingerprint density at radius 3 is 2.36 bits per heavy atom. The molecule has 2 aromatic carbocycles. The van der Waals surface area contributed by atoms with Gasteiger partial charge in [-0.1, -0.05) is 0 Å². The van der Waals surface area contributed by atoms with E-state index in [4.69, 9.17) is 14.2 Å². The molecule has 1 heterocycles. The first-order valence-electron chi connectivity index (χ1n) is 12.2. The van der Waals surface area contributed by atoms with Crippen LogP contribution >= 0.6 is 11.3 Å². The molecule has 0 atom stereocenters. The molecule has 1 aliphatic carbocycles. The zero-order valence-electron chi connectivity index (χ0n) is 22.4. The quantitative estimate of drug-likeness (QED) is 0.119. The summed E-state index contributed by atoms with van der Waals surface area (Å²) in [5, 5.41) is 29.1. The number of esters is 1. The maximum absolute atomic E-state index is 12.5. The minimum atomic E-state index is -1.07. The van der Waals surface area contributed by atoms with Crippen molar-refractivity contribution >= 4 is 51.2 Å². The molecule has 15 nitrogen and oxygen atoms in total. The summed E-state index contributed by atoms with van der Waals surface area (Å²) < 4.78 is 15.8. The highest BCUT2D eigenvalue weighted by Gasteiger charge is 2.29. The normalized spacial score (nSPS) is 12.2. The third kappa shape index (κ3) is 6.17. The van der Waals surface area contributed by atoms with E-state index in [1.54, 1.807) is 6.92 Å². The van der Waals surface area contributed by atoms with Gasteiger partial charge in [0.2, 0.25) is 5.75 Å². The second-order valence-corrected chi connectivity index (χ2v) is 9.88. The molecule has 2 amide bonds. The molecule has 218 valence electrons. The number of non-ortho nitro benzene ring substituents is 1. The molecule has 0 radical (unpaired) electrons. The Hall–Kier alpha value is -5.38. The fourth-order valence-electron chi connectivity index (χ4n) is 4.16. The van der Waals surface area contributed by atoms with E-state index >= 15 is 0 Å². The second-order valence-electron chi connectivity index (χ2n) is 8.78. The summed E-state index contributed by atoms with van der Waals surface area (Å²) >= 11 is 1.23. The lowest BCUT2D eigenvalue weighted by molar-refractivity contribution is -0.394. The van der Waals surface area contributed by atoms with Crippen molar-refractivity contribution in [1.29, 1.82) is 0 Å². The van der Waals surface area contributed by atoms with Crippen LogP contribution in [0.2, 0.25) is 0 Å². The predicted octanol–water partition coefficient (Wildman–Crippen LogP) is 4.12. The van der Waals surface area contributed by atoms with Gasteiger partial charge in [-0.3, -0.25) is 29.8 Å². The highest BCUT2D eigenvalue weighted by molar-refractivity contribution is 7.17. The van der Waals surface area contributed by atoms with Crippen molar-refractivity contribution in [2.45, 2.75) is 26.2 Å². The van der Waals surface area contributed by atoms with Gasteiger partial charge in [0, 0.05) is 16.5 Å². The average Bonchev–Trinajstić information content (AvgIpc) is 3.56. The number of ether oxygens (including phenoxy) is 3. The van der Waals surface area contributed by atoms with Crippen LogP contribution in [0, 0.1) is 20.2 Å². The number of aryl methyl sites for hydroxylation is 1. The van der Waals surface area contributed by atoms with Crippen LogP contribution in [-0.2, 0) is 27.2 Å². The van der Waals surface area contributed by atoms with Crippen molar-refractivity contribution in [3.63, 3.8) is 0 Å². The van der Waals surface area contributed by atoms with Gasteiger partial charge in [0.1, 0.15) is 5.00 Å². The second kappa shape index (κ2) is 12.4. The fourth-order valence-corrected chi connectivity index (χ4v) is 5.44. The molecular formula is C26H23N5O10S. The molecule has 4 rings (SSSR count). The number of anilines is 1. The molecule has 2 N–H and O–H groups in total. The van der Waals surface area contributed by atoms with E-state index < -0.39 is 39.0 Å². The third-order valence-electron chi connectivity index (χ3n) is 6.22. The molecule has 0 bridgehead atoms. The van der Waals surface area contributed by atoms with Gasteiger partial charge in [0.25, 0.3) is 5.69 Å². The Morgan fingerprint density at radius 1 is 0.952 bits per heavy atom. The van der Waals surface area contributed by atoms with E-state index in [0.717, 1.165) is 41.5 Å². The summed E-state index contributed by atoms with van der Waals surface area (Å²) in [6, 6.07) is 7.39. The monoisotopic (exact) mass is 597 g/mol. The molecule has 0 saturated heterocycles. The number of benzene rings is 2. The minimum Gasteiger partial charge on any atom is -0.493 e. The van der Waals surface area contributed by atoms with Crippen LogP contribution in [0.25, 0.3) is 0 Å². The van der Waals surface area contributed by atoms with Crippen LogP contribution in [0.15, 0.2) is 41.5 Å². The lowest BCUT2D eigenvalue weighted by Crippen LogP contribution is -2.33. The van der Waals surface area contributed by atoms with Crippen molar-refractivity contribution in [2.75, 3.05) is 19.5 Å². The SMILES string of the molecule is COC(=O)c1c(NC(=O)C(=O)NN=C(C)c2ccc(Oc3ccc([N+](=O)[O-])cc3[N+](=O)[O-])c(OC)c2)sc2c1CCC2. The smallest absolute Gasteiger partial charge is 0.341 e. The highest BCUT2D eigenvalue weighted by atomic mass is 32.1. The number of carbonyl (C=O) groups excluding carboxylic acids is 3. The maximum atomic E-state index is 12.5. The van der Waals surface area contributed by atoms with E-state index in [2.05, 4.69) is 15.8 Å². The summed E-state index contributed by atoms with van der Waals surface area (Å²) in [6.45, 7) is 1.55. The molecule has 0 saturated carbocycles. The van der Waals surface area contributed by atoms with Crippen LogP contribution in [0.5, 0.6) is 17.2 Å². The number of nitro benzene ring substituents is 2. The number of nitro groups is 2. The number of carbonyl (C=O) groups is 3. The summed E-state index contributed by atoms with van der Waals surface area (Å²) in [6.07, 6.45) is 2.34. The number of nitrogens with one attached hydrogen (secondary N) is 2. The summed E-state index contributed by atoms with van der Waals surface area (Å²) in [5.74, 6) is -2.73. The topological polar surface area (TPSA) is 202 Å². The van der Waals surface area contributed by atoms with Crippen molar-refractivity contribution in [3.8, 4) is 17.2 Å². The fraction of sp³-hybridized carbons (Fsp3) is 0.231. The molecule has 1 aromatic heterocycles. The molecular weight excluding hydrogens is 574 g/mol. The first-order valence-corrected chi connectivity index (χ1v) is 13.0. The number of methoxy groups -OCH3 is 2. The Kier molecular flexibility index (Phi) is 8.76. The number of hydrazone groups is 1. The Bertz CT molecular complexity index is 1650. The zero-order valence-corrected chi connectivity index (χ0v) is 23.2. The van der Waals surface area contributed by atoms with Crippen molar-refractivity contribution in [1.82, 2.24) is 5.43 Å². The molecule has 0 spiro atoms. The first kappa shape index (κ1) is 29.6. The maximum Gasteiger partial charge on any atom is 0.341 e. The van der Waals surface area contributed by atoms with Crippen molar-refractivity contribution in [3.05, 3.63) is 78.2 Å². The largest absolute Gasteiger partial charge is 0.493 e. The van der Waals surface area contributed by atoms with Gasteiger partial charge >= 0.3 is 23.5 Å². The molecule has 3 aromatic rings. The Balaban J connectivity index is 1.47. The van der Waals surface area contributed by atoms with Crippen LogP contribution in [0.1, 0.15) is 39.7 Å². The molecule has 1 aliphatic rings. The Labute approximate surface area is 241 Å². The summed E-state index contributed by atoms with van der Waals surface area (Å²) in [5.41, 5.74) is 2.87. The van der Waals surface area contributed by atoms with Crippen molar-refractivity contribution < 1.29 is 38.4 Å². The van der Waals surface area contributed by atoms with Gasteiger partial charge in [-0.15, -0.1) is 11.3 Å². The van der Waals surface area contributed by atoms with Crippen LogP contribution in [-0.4, -0.2) is 47.6 Å². The standard InChI is InChI=1S/C26H23N5O10S/c1-13(28-29-24(33)23(32)27-25-22(26(34)40-3)16-5-4-6-21(16)42-25)14-7-9-19(20(11-14)39-2)41-18-10-8-15(30(35)36)12-17(18)31(37)38/h7-12H,4-6H2,1-3H3,(H,27,32)(H,29,33). The lowest BCUT2D eigenvalue weighted by atomic mass is 10.1. The zero-order chi connectivity index (χ0) is 30.6. The van der Waals surface area contributed by atoms with E-state index in [-0.39, 0.29) is 33.5 Å². The number of rotatable bonds is 9. The van der Waals surface area contributed by atoms with E-state index in [1.165, 1.54) is 43.8 Å². The molecule has 0 unspecified atom stereocenters. The number of amides is 2. The van der Waals surface area contributed by atoms with E-state index in [9.17, 15) is 34.6 Å². The first-order chi connectivity index (χ1) is 20.0. The number of nitrogens with zero attached hydrogens (tertiary/aromatic N) is 3. The third-order valence-corrected chi connectivity index (χ3v) is 7.43. The molecule has 16 heteroatoms. The lowest BCUT2D eigenvalue weighted by Gasteiger charge is -2.12. The number of hydrogen-bond donors (Lipinski definition) is 2. The number of thiophene rings is 1. The molecule has 42 heavy (non-hydrogen) atoms. The van der Waals surface area contributed by atoms with Gasteiger partial charge in [0.05, 0.1) is 41.4 Å². The summed E-state index contributed by atoms with van der Waals surface area (Å²) in [4.78, 5) is 59.1. The summed E-state index contributed by atoms with van der Waals surface area (Å²) in [7, 11) is 2.57. The highest BCUT2D eigenvalue weighted by Crippen LogP contribution is 2.40.